The molecule has 0 unspecified atom stereocenters. The molecule has 3 rings (SSSR count). The highest BCUT2D eigenvalue weighted by atomic mass is 15.1. The van der Waals surface area contributed by atoms with Gasteiger partial charge in [-0.15, -0.1) is 0 Å². The maximum Gasteiger partial charge on any atom is 0.149 e. The number of hydrogen-bond acceptors (Lipinski definition) is 2. The smallest absolute Gasteiger partial charge is 0.149 e. The molecule has 0 radical (unpaired) electrons. The van der Waals surface area contributed by atoms with Gasteiger partial charge in [0.15, 0.2) is 0 Å². The summed E-state index contributed by atoms with van der Waals surface area (Å²) in [6.07, 6.45) is 0. The number of benzene rings is 3. The molecule has 0 aliphatic heterocycles. The summed E-state index contributed by atoms with van der Waals surface area (Å²) in [5, 5.41) is 7.20. The highest BCUT2D eigenvalue weighted by Crippen LogP contribution is 2.30. The van der Waals surface area contributed by atoms with E-state index < -0.39 is 0 Å². The zero-order valence-corrected chi connectivity index (χ0v) is 18.5. The average Bonchev–Trinajstić information content (AvgIpc) is 2.76. The Balaban J connectivity index is 2.07. The zero-order valence-electron chi connectivity index (χ0n) is 18.5. The van der Waals surface area contributed by atoms with E-state index in [1.165, 1.54) is 5.56 Å². The van der Waals surface area contributed by atoms with Crippen molar-refractivity contribution in [3.05, 3.63) is 102 Å². The standard InChI is InChI=1S/C27H31N3/c1-20(21-14-8-6-9-15-21)25(29-22-16-10-7-11-17-22)26(28-5)30-24-19-13-12-18-23(24)27(2,3)4/h6-19,29H,1-5H3,(H,28,30)/b25-20-. The fourth-order valence-electron chi connectivity index (χ4n) is 3.43. The lowest BCUT2D eigenvalue weighted by atomic mass is 9.86. The maximum absolute atomic E-state index is 4.63. The number of rotatable bonds is 5. The molecule has 3 nitrogen and oxygen atoms in total. The fourth-order valence-corrected chi connectivity index (χ4v) is 3.43. The van der Waals surface area contributed by atoms with Gasteiger partial charge < -0.3 is 10.6 Å². The lowest BCUT2D eigenvalue weighted by Gasteiger charge is -2.25. The molecule has 0 aliphatic rings. The third kappa shape index (κ3) is 5.18. The summed E-state index contributed by atoms with van der Waals surface area (Å²) in [5.41, 5.74) is 6.60. The van der Waals surface area contributed by atoms with Crippen molar-refractivity contribution >= 4 is 22.8 Å². The first-order chi connectivity index (χ1) is 14.4. The van der Waals surface area contributed by atoms with Crippen molar-refractivity contribution in [2.75, 3.05) is 17.7 Å². The lowest BCUT2D eigenvalue weighted by Crippen LogP contribution is -2.24. The van der Waals surface area contributed by atoms with Crippen molar-refractivity contribution in [1.29, 1.82) is 0 Å². The van der Waals surface area contributed by atoms with E-state index in [9.17, 15) is 0 Å². The minimum absolute atomic E-state index is 0.0215. The highest BCUT2D eigenvalue weighted by Gasteiger charge is 2.20. The molecule has 154 valence electrons. The number of nitrogens with one attached hydrogen (secondary N) is 2. The van der Waals surface area contributed by atoms with Gasteiger partial charge in [0, 0.05) is 18.4 Å². The summed E-state index contributed by atoms with van der Waals surface area (Å²) in [5.74, 6) is 0.803. The van der Waals surface area contributed by atoms with E-state index in [2.05, 4.69) is 104 Å². The summed E-state index contributed by atoms with van der Waals surface area (Å²) in [6, 6.07) is 29.0. The van der Waals surface area contributed by atoms with Crippen molar-refractivity contribution in [3.8, 4) is 0 Å². The Kier molecular flexibility index (Phi) is 6.73. The summed E-state index contributed by atoms with van der Waals surface area (Å²) >= 11 is 0. The summed E-state index contributed by atoms with van der Waals surface area (Å²) in [6.45, 7) is 8.81. The number of allylic oxidation sites excluding steroid dienone is 1. The van der Waals surface area contributed by atoms with Gasteiger partial charge in [0.05, 0.1) is 5.70 Å². The predicted octanol–water partition coefficient (Wildman–Crippen LogP) is 6.97. The van der Waals surface area contributed by atoms with Crippen LogP contribution in [0.5, 0.6) is 0 Å². The van der Waals surface area contributed by atoms with Crippen molar-refractivity contribution in [3.63, 3.8) is 0 Å². The van der Waals surface area contributed by atoms with Crippen LogP contribution in [-0.4, -0.2) is 12.9 Å². The molecule has 0 fully saturated rings. The van der Waals surface area contributed by atoms with E-state index in [1.54, 1.807) is 0 Å². The molecule has 30 heavy (non-hydrogen) atoms. The number of hydrogen-bond donors (Lipinski definition) is 2. The average molecular weight is 398 g/mol. The van der Waals surface area contributed by atoms with Crippen LogP contribution in [0.25, 0.3) is 5.57 Å². The number of nitrogens with zero attached hydrogens (tertiary/aromatic N) is 1. The van der Waals surface area contributed by atoms with Gasteiger partial charge in [0.25, 0.3) is 0 Å². The second-order valence-electron chi connectivity index (χ2n) is 8.35. The SMILES string of the molecule is CN=C(Nc1ccccc1C(C)(C)C)/C(Nc1ccccc1)=C(\C)c1ccccc1. The quantitative estimate of drug-likeness (QED) is 0.360. The Labute approximate surface area is 180 Å². The molecule has 3 heteroatoms. The monoisotopic (exact) mass is 397 g/mol. The minimum Gasteiger partial charge on any atom is -0.352 e. The van der Waals surface area contributed by atoms with Crippen molar-refractivity contribution < 1.29 is 0 Å². The molecule has 0 atom stereocenters. The molecule has 0 saturated heterocycles. The van der Waals surface area contributed by atoms with Crippen LogP contribution in [0.4, 0.5) is 11.4 Å². The highest BCUT2D eigenvalue weighted by molar-refractivity contribution is 6.14. The third-order valence-electron chi connectivity index (χ3n) is 5.07. The first-order valence-corrected chi connectivity index (χ1v) is 10.3. The van der Waals surface area contributed by atoms with Crippen molar-refractivity contribution in [1.82, 2.24) is 0 Å². The normalized spacial score (nSPS) is 12.9. The fraction of sp³-hybridized carbons (Fsp3) is 0.222. The van der Waals surface area contributed by atoms with Crippen molar-refractivity contribution in [2.24, 2.45) is 4.99 Å². The molecule has 0 aromatic heterocycles. The van der Waals surface area contributed by atoms with Gasteiger partial charge in [-0.25, -0.2) is 0 Å². The van der Waals surface area contributed by atoms with Gasteiger partial charge in [-0.2, -0.15) is 0 Å². The van der Waals surface area contributed by atoms with Crippen LogP contribution in [-0.2, 0) is 5.41 Å². The molecular formula is C27H31N3. The maximum atomic E-state index is 4.63. The van der Waals surface area contributed by atoms with Crippen LogP contribution in [0.1, 0.15) is 38.8 Å². The van der Waals surface area contributed by atoms with Crippen LogP contribution in [0.15, 0.2) is 95.6 Å². The van der Waals surface area contributed by atoms with Crippen LogP contribution < -0.4 is 10.6 Å². The Morgan fingerprint density at radius 1 is 0.733 bits per heavy atom. The van der Waals surface area contributed by atoms with E-state index >= 15 is 0 Å². The Morgan fingerprint density at radius 2 is 1.30 bits per heavy atom. The van der Waals surface area contributed by atoms with E-state index in [0.29, 0.717) is 0 Å². The summed E-state index contributed by atoms with van der Waals surface area (Å²) in [4.78, 5) is 4.63. The summed E-state index contributed by atoms with van der Waals surface area (Å²) in [7, 11) is 1.83. The molecule has 0 saturated carbocycles. The van der Waals surface area contributed by atoms with Crippen LogP contribution in [0.2, 0.25) is 0 Å². The van der Waals surface area contributed by atoms with Crippen LogP contribution in [0.3, 0.4) is 0 Å². The topological polar surface area (TPSA) is 36.4 Å². The zero-order chi connectivity index (χ0) is 21.6. The second kappa shape index (κ2) is 9.45. The number of anilines is 2. The molecule has 3 aromatic rings. The van der Waals surface area contributed by atoms with Crippen LogP contribution >= 0.6 is 0 Å². The molecular weight excluding hydrogens is 366 g/mol. The van der Waals surface area contributed by atoms with Crippen LogP contribution in [0, 0.1) is 0 Å². The number of para-hydroxylation sites is 2. The van der Waals surface area contributed by atoms with Gasteiger partial charge >= 0.3 is 0 Å². The van der Waals surface area contributed by atoms with Gasteiger partial charge in [-0.3, -0.25) is 4.99 Å². The number of amidine groups is 1. The molecule has 2 N–H and O–H groups in total. The molecule has 0 heterocycles. The van der Waals surface area contributed by atoms with Gasteiger partial charge in [-0.1, -0.05) is 87.5 Å². The van der Waals surface area contributed by atoms with E-state index in [4.69, 9.17) is 0 Å². The number of aliphatic imine (C=N–C) groups is 1. The molecule has 0 bridgehead atoms. The second-order valence-corrected chi connectivity index (χ2v) is 8.35. The van der Waals surface area contributed by atoms with E-state index in [-0.39, 0.29) is 5.41 Å². The Bertz CT molecular complexity index is 1030. The van der Waals surface area contributed by atoms with E-state index in [1.807, 2.05) is 31.3 Å². The predicted molar refractivity (Wildman–Crippen MR) is 131 cm³/mol. The van der Waals surface area contributed by atoms with E-state index in [0.717, 1.165) is 34.0 Å². The third-order valence-corrected chi connectivity index (χ3v) is 5.07. The first-order valence-electron chi connectivity index (χ1n) is 10.3. The Hall–Kier alpha value is -3.33. The molecule has 3 aromatic carbocycles. The lowest BCUT2D eigenvalue weighted by molar-refractivity contribution is 0.592. The summed E-state index contributed by atoms with van der Waals surface area (Å²) < 4.78 is 0. The molecule has 0 spiro atoms. The molecule has 0 aliphatic carbocycles. The van der Waals surface area contributed by atoms with Crippen molar-refractivity contribution in [2.45, 2.75) is 33.1 Å². The molecule has 0 amide bonds. The minimum atomic E-state index is 0.0215. The van der Waals surface area contributed by atoms with Gasteiger partial charge in [0.2, 0.25) is 0 Å². The van der Waals surface area contributed by atoms with Gasteiger partial charge in [0.1, 0.15) is 5.84 Å². The largest absolute Gasteiger partial charge is 0.352 e. The van der Waals surface area contributed by atoms with Gasteiger partial charge in [-0.05, 0) is 47.2 Å². The first kappa shape index (κ1) is 21.4. The Morgan fingerprint density at radius 3 is 1.90 bits per heavy atom.